The van der Waals surface area contributed by atoms with Crippen LogP contribution in [0.15, 0.2) is 40.9 Å². The van der Waals surface area contributed by atoms with Gasteiger partial charge in [-0.05, 0) is 50.2 Å². The van der Waals surface area contributed by atoms with Crippen LogP contribution in [0.25, 0.3) is 0 Å². The van der Waals surface area contributed by atoms with Crippen LogP contribution in [0.4, 0.5) is 10.5 Å². The van der Waals surface area contributed by atoms with Gasteiger partial charge in [-0.1, -0.05) is 37.2 Å². The van der Waals surface area contributed by atoms with E-state index in [4.69, 9.17) is 4.52 Å². The van der Waals surface area contributed by atoms with Crippen LogP contribution < -0.4 is 15.5 Å². The monoisotopic (exact) mass is 384 g/mol. The van der Waals surface area contributed by atoms with Crippen molar-refractivity contribution in [2.45, 2.75) is 59.2 Å². The lowest BCUT2D eigenvalue weighted by Gasteiger charge is -2.52. The Hall–Kier alpha value is -2.50. The van der Waals surface area contributed by atoms with Crippen molar-refractivity contribution in [3.05, 3.63) is 47.9 Å². The highest BCUT2D eigenvalue weighted by atomic mass is 16.5. The molecule has 1 saturated carbocycles. The van der Waals surface area contributed by atoms with Gasteiger partial charge in [0.2, 0.25) is 0 Å². The molecule has 1 fully saturated rings. The van der Waals surface area contributed by atoms with Gasteiger partial charge in [-0.25, -0.2) is 4.79 Å². The van der Waals surface area contributed by atoms with E-state index in [0.29, 0.717) is 12.5 Å². The average molecular weight is 385 g/mol. The highest BCUT2D eigenvalue weighted by Crippen LogP contribution is 2.47. The summed E-state index contributed by atoms with van der Waals surface area (Å²) in [5, 5.41) is 10.3. The first-order valence-electron chi connectivity index (χ1n) is 10.0. The van der Waals surface area contributed by atoms with E-state index in [1.54, 1.807) is 0 Å². The number of anilines is 1. The molecule has 1 heterocycles. The van der Waals surface area contributed by atoms with Crippen LogP contribution >= 0.6 is 0 Å². The second-order valence-electron chi connectivity index (χ2n) is 8.76. The summed E-state index contributed by atoms with van der Waals surface area (Å²) >= 11 is 0. The predicted molar refractivity (Wildman–Crippen MR) is 111 cm³/mol. The van der Waals surface area contributed by atoms with Gasteiger partial charge in [0.05, 0.1) is 12.2 Å². The fourth-order valence-corrected chi connectivity index (χ4v) is 3.86. The average Bonchev–Trinajstić information content (AvgIpc) is 3.08. The molecule has 6 heteroatoms. The summed E-state index contributed by atoms with van der Waals surface area (Å²) in [6, 6.07) is 12.5. The van der Waals surface area contributed by atoms with Crippen LogP contribution in [0, 0.1) is 11.3 Å². The molecule has 2 aromatic rings. The van der Waals surface area contributed by atoms with Crippen LogP contribution in [-0.4, -0.2) is 30.3 Å². The maximum absolute atomic E-state index is 12.0. The number of amides is 2. The van der Waals surface area contributed by atoms with Gasteiger partial charge in [0.25, 0.3) is 0 Å². The fraction of sp³-hybridized carbons (Fsp3) is 0.545. The molecule has 0 bridgehead atoms. The first kappa shape index (κ1) is 20.2. The molecule has 2 amide bonds. The van der Waals surface area contributed by atoms with Gasteiger partial charge >= 0.3 is 6.03 Å². The highest BCUT2D eigenvalue weighted by molar-refractivity contribution is 5.74. The minimum atomic E-state index is -0.0841. The van der Waals surface area contributed by atoms with Crippen LogP contribution in [0.2, 0.25) is 0 Å². The van der Waals surface area contributed by atoms with E-state index >= 15 is 0 Å². The molecule has 2 atom stereocenters. The SMILES string of the molecule is CC(C)NC(=O)N[C@H]1C[C@@H](Cc2cc(CN(C)c3ccccc3)on2)C1(C)C. The molecule has 1 aliphatic carbocycles. The molecule has 1 aliphatic rings. The number of benzene rings is 1. The van der Waals surface area contributed by atoms with Crippen LogP contribution in [-0.2, 0) is 13.0 Å². The van der Waals surface area contributed by atoms with Crippen LogP contribution in [0.1, 0.15) is 45.6 Å². The molecule has 0 aliphatic heterocycles. The third kappa shape index (κ3) is 4.66. The second-order valence-corrected chi connectivity index (χ2v) is 8.76. The molecular formula is C22H32N4O2. The third-order valence-electron chi connectivity index (χ3n) is 5.85. The smallest absolute Gasteiger partial charge is 0.315 e. The van der Waals surface area contributed by atoms with E-state index in [1.807, 2.05) is 39.1 Å². The van der Waals surface area contributed by atoms with Gasteiger partial charge < -0.3 is 20.1 Å². The molecule has 152 valence electrons. The molecule has 2 N–H and O–H groups in total. The molecule has 1 aromatic carbocycles. The first-order valence-corrected chi connectivity index (χ1v) is 10.0. The normalized spacial score (nSPS) is 20.5. The lowest BCUT2D eigenvalue weighted by molar-refractivity contribution is 0.0199. The molecule has 1 aromatic heterocycles. The molecule has 0 radical (unpaired) electrons. The van der Waals surface area contributed by atoms with E-state index in [2.05, 4.69) is 52.7 Å². The fourth-order valence-electron chi connectivity index (χ4n) is 3.86. The molecule has 3 rings (SSSR count). The molecule has 28 heavy (non-hydrogen) atoms. The Kier molecular flexibility index (Phi) is 5.96. The van der Waals surface area contributed by atoms with Gasteiger partial charge in [-0.2, -0.15) is 0 Å². The minimum absolute atomic E-state index is 0.0360. The maximum atomic E-state index is 12.0. The molecule has 0 spiro atoms. The quantitative estimate of drug-likeness (QED) is 0.758. The topological polar surface area (TPSA) is 70.4 Å². The largest absolute Gasteiger partial charge is 0.367 e. The molecule has 0 saturated heterocycles. The van der Waals surface area contributed by atoms with Crippen LogP contribution in [0.3, 0.4) is 0 Å². The summed E-state index contributed by atoms with van der Waals surface area (Å²) in [6.07, 6.45) is 1.83. The number of aromatic nitrogens is 1. The summed E-state index contributed by atoms with van der Waals surface area (Å²) in [7, 11) is 2.05. The van der Waals surface area contributed by atoms with Gasteiger partial charge in [-0.15, -0.1) is 0 Å². The summed E-state index contributed by atoms with van der Waals surface area (Å²) in [6.45, 7) is 9.04. The number of hydrogen-bond donors (Lipinski definition) is 2. The first-order chi connectivity index (χ1) is 13.3. The van der Waals surface area contributed by atoms with Crippen molar-refractivity contribution in [1.29, 1.82) is 0 Å². The highest BCUT2D eigenvalue weighted by Gasteiger charge is 2.48. The second kappa shape index (κ2) is 8.25. The number of carbonyl (C=O) groups excluding carboxylic acids is 1. The van der Waals surface area contributed by atoms with Gasteiger partial charge in [-0.3, -0.25) is 0 Å². The predicted octanol–water partition coefficient (Wildman–Crippen LogP) is 3.98. The van der Waals surface area contributed by atoms with Crippen molar-refractivity contribution in [3.8, 4) is 0 Å². The van der Waals surface area contributed by atoms with E-state index in [1.165, 1.54) is 0 Å². The minimum Gasteiger partial charge on any atom is -0.367 e. The molecule has 0 unspecified atom stereocenters. The number of carbonyl (C=O) groups is 1. The summed E-state index contributed by atoms with van der Waals surface area (Å²) < 4.78 is 5.56. The molecule has 6 nitrogen and oxygen atoms in total. The summed E-state index contributed by atoms with van der Waals surface area (Å²) in [5.74, 6) is 1.34. The zero-order valence-corrected chi connectivity index (χ0v) is 17.5. The maximum Gasteiger partial charge on any atom is 0.315 e. The Labute approximate surface area is 167 Å². The zero-order valence-electron chi connectivity index (χ0n) is 17.5. The van der Waals surface area contributed by atoms with Crippen molar-refractivity contribution < 1.29 is 9.32 Å². The summed E-state index contributed by atoms with van der Waals surface area (Å²) in [4.78, 5) is 14.1. The van der Waals surface area contributed by atoms with Crippen molar-refractivity contribution in [1.82, 2.24) is 15.8 Å². The number of nitrogens with one attached hydrogen (secondary N) is 2. The van der Waals surface area contributed by atoms with Crippen molar-refractivity contribution in [3.63, 3.8) is 0 Å². The number of nitrogens with zero attached hydrogens (tertiary/aromatic N) is 2. The van der Waals surface area contributed by atoms with E-state index in [0.717, 1.165) is 30.0 Å². The lowest BCUT2D eigenvalue weighted by atomic mass is 9.57. The number of rotatable bonds is 7. The Bertz CT molecular complexity index is 785. The number of urea groups is 1. The van der Waals surface area contributed by atoms with Crippen molar-refractivity contribution >= 4 is 11.7 Å². The van der Waals surface area contributed by atoms with Gasteiger partial charge in [0.15, 0.2) is 5.76 Å². The van der Waals surface area contributed by atoms with Gasteiger partial charge in [0.1, 0.15) is 0 Å². The van der Waals surface area contributed by atoms with Crippen LogP contribution in [0.5, 0.6) is 0 Å². The van der Waals surface area contributed by atoms with E-state index < -0.39 is 0 Å². The van der Waals surface area contributed by atoms with E-state index in [9.17, 15) is 4.79 Å². The Morgan fingerprint density at radius 3 is 2.68 bits per heavy atom. The third-order valence-corrected chi connectivity index (χ3v) is 5.85. The standard InChI is InChI=1S/C22H32N4O2/c1-15(2)23-21(27)24-20-12-16(22(20,3)4)11-17-13-19(28-25-17)14-26(5)18-9-7-6-8-10-18/h6-10,13,15-16,20H,11-12,14H2,1-5H3,(H2,23,24,27)/t16-,20+/m1/s1. The Morgan fingerprint density at radius 2 is 2.04 bits per heavy atom. The van der Waals surface area contributed by atoms with Crippen molar-refractivity contribution in [2.75, 3.05) is 11.9 Å². The van der Waals surface area contributed by atoms with Crippen molar-refractivity contribution in [2.24, 2.45) is 11.3 Å². The molecular weight excluding hydrogens is 352 g/mol. The van der Waals surface area contributed by atoms with E-state index in [-0.39, 0.29) is 23.5 Å². The Morgan fingerprint density at radius 1 is 1.32 bits per heavy atom. The number of para-hydroxylation sites is 1. The Balaban J connectivity index is 1.52. The number of hydrogen-bond acceptors (Lipinski definition) is 4. The lowest BCUT2D eigenvalue weighted by Crippen LogP contribution is -2.60. The summed E-state index contributed by atoms with van der Waals surface area (Å²) in [5.41, 5.74) is 2.17. The zero-order chi connectivity index (χ0) is 20.3. The van der Waals surface area contributed by atoms with Gasteiger partial charge in [0, 0.05) is 30.9 Å².